The van der Waals surface area contributed by atoms with Gasteiger partial charge in [-0.15, -0.1) is 0 Å². The molecule has 4 fully saturated rings. The van der Waals surface area contributed by atoms with Gasteiger partial charge in [0.05, 0.1) is 0 Å². The molecule has 0 amide bonds. The van der Waals surface area contributed by atoms with Crippen LogP contribution in [-0.4, -0.2) is 19.1 Å². The van der Waals surface area contributed by atoms with Crippen LogP contribution in [0.25, 0.3) is 0 Å². The molecule has 1 atom stereocenters. The van der Waals surface area contributed by atoms with Crippen molar-refractivity contribution in [3.63, 3.8) is 0 Å². The molecule has 4 bridgehead atoms. The van der Waals surface area contributed by atoms with Crippen LogP contribution in [0.15, 0.2) is 0 Å². The molecule has 98 valence electrons. The Bertz CT molecular complexity index is 239. The lowest BCUT2D eigenvalue weighted by Crippen LogP contribution is -2.51. The van der Waals surface area contributed by atoms with Crippen LogP contribution in [-0.2, 0) is 0 Å². The van der Waals surface area contributed by atoms with E-state index < -0.39 is 0 Å². The average molecular weight is 236 g/mol. The highest BCUT2D eigenvalue weighted by atomic mass is 14.9. The van der Waals surface area contributed by atoms with Crippen LogP contribution in [0.1, 0.15) is 51.9 Å². The van der Waals surface area contributed by atoms with Crippen LogP contribution < -0.4 is 11.1 Å². The fraction of sp³-hybridized carbons (Fsp3) is 1.00. The maximum Gasteiger partial charge on any atom is 0.00509 e. The predicted molar refractivity (Wildman–Crippen MR) is 71.7 cm³/mol. The van der Waals surface area contributed by atoms with Crippen LogP contribution in [0.3, 0.4) is 0 Å². The van der Waals surface area contributed by atoms with Crippen molar-refractivity contribution in [3.05, 3.63) is 0 Å². The standard InChI is InChI=1S/C15H28N2/c1-11(2-3-16)17-10-15-7-12-4-13(8-15)6-14(5-12)9-15/h11-14,17H,2-10,16H2,1H3. The van der Waals surface area contributed by atoms with Gasteiger partial charge < -0.3 is 11.1 Å². The van der Waals surface area contributed by atoms with Crippen molar-refractivity contribution in [3.8, 4) is 0 Å². The SMILES string of the molecule is CC(CCN)NCC12CC3CC(CC(C3)C1)C2. The highest BCUT2D eigenvalue weighted by Crippen LogP contribution is 2.59. The van der Waals surface area contributed by atoms with E-state index in [0.717, 1.165) is 30.7 Å². The summed E-state index contributed by atoms with van der Waals surface area (Å²) in [5, 5.41) is 3.76. The first-order valence-electron chi connectivity index (χ1n) is 7.62. The van der Waals surface area contributed by atoms with Gasteiger partial charge in [-0.05, 0) is 81.6 Å². The molecule has 0 aromatic heterocycles. The van der Waals surface area contributed by atoms with E-state index in [4.69, 9.17) is 5.73 Å². The van der Waals surface area contributed by atoms with Gasteiger partial charge in [0.25, 0.3) is 0 Å². The number of nitrogens with one attached hydrogen (secondary N) is 1. The Morgan fingerprint density at radius 3 is 2.12 bits per heavy atom. The molecule has 4 aliphatic rings. The van der Waals surface area contributed by atoms with Gasteiger partial charge in [0.15, 0.2) is 0 Å². The molecule has 2 nitrogen and oxygen atoms in total. The zero-order valence-corrected chi connectivity index (χ0v) is 11.3. The fourth-order valence-electron chi connectivity index (χ4n) is 5.25. The largest absolute Gasteiger partial charge is 0.330 e. The normalized spacial score (nSPS) is 45.2. The minimum absolute atomic E-state index is 0.605. The van der Waals surface area contributed by atoms with Crippen molar-refractivity contribution >= 4 is 0 Å². The third-order valence-electron chi connectivity index (χ3n) is 5.59. The minimum Gasteiger partial charge on any atom is -0.330 e. The summed E-state index contributed by atoms with van der Waals surface area (Å²) in [6, 6.07) is 0.605. The van der Waals surface area contributed by atoms with Gasteiger partial charge in [0.2, 0.25) is 0 Å². The van der Waals surface area contributed by atoms with Crippen LogP contribution >= 0.6 is 0 Å². The zero-order valence-electron chi connectivity index (χ0n) is 11.3. The monoisotopic (exact) mass is 236 g/mol. The molecule has 2 heteroatoms. The summed E-state index contributed by atoms with van der Waals surface area (Å²) in [6.07, 6.45) is 10.3. The van der Waals surface area contributed by atoms with E-state index in [9.17, 15) is 0 Å². The molecule has 4 aliphatic carbocycles. The molecule has 0 aliphatic heterocycles. The fourth-order valence-corrected chi connectivity index (χ4v) is 5.25. The summed E-state index contributed by atoms with van der Waals surface area (Å²) < 4.78 is 0. The molecule has 4 rings (SSSR count). The first kappa shape index (κ1) is 12.0. The highest BCUT2D eigenvalue weighted by Gasteiger charge is 2.50. The number of nitrogens with two attached hydrogens (primary N) is 1. The van der Waals surface area contributed by atoms with Crippen molar-refractivity contribution in [1.82, 2.24) is 5.32 Å². The van der Waals surface area contributed by atoms with Crippen molar-refractivity contribution < 1.29 is 0 Å². The maximum atomic E-state index is 5.63. The van der Waals surface area contributed by atoms with Gasteiger partial charge in [-0.25, -0.2) is 0 Å². The van der Waals surface area contributed by atoms with Crippen molar-refractivity contribution in [2.75, 3.05) is 13.1 Å². The first-order valence-corrected chi connectivity index (χ1v) is 7.62. The average Bonchev–Trinajstić information content (AvgIpc) is 2.25. The molecule has 3 N–H and O–H groups in total. The minimum atomic E-state index is 0.605. The Balaban J connectivity index is 1.58. The topological polar surface area (TPSA) is 38.0 Å². The van der Waals surface area contributed by atoms with Gasteiger partial charge in [-0.3, -0.25) is 0 Å². The van der Waals surface area contributed by atoms with E-state index in [-0.39, 0.29) is 0 Å². The third kappa shape index (κ3) is 2.39. The molecule has 0 aromatic carbocycles. The Kier molecular flexibility index (Phi) is 3.20. The Morgan fingerprint density at radius 1 is 1.12 bits per heavy atom. The van der Waals surface area contributed by atoms with Gasteiger partial charge in [-0.2, -0.15) is 0 Å². The summed E-state index contributed by atoms with van der Waals surface area (Å²) in [5.41, 5.74) is 6.30. The van der Waals surface area contributed by atoms with E-state index in [1.807, 2.05) is 0 Å². The van der Waals surface area contributed by atoms with Gasteiger partial charge in [-0.1, -0.05) is 0 Å². The Labute approximate surface area is 106 Å². The second-order valence-electron chi connectivity index (χ2n) is 7.28. The van der Waals surface area contributed by atoms with Gasteiger partial charge >= 0.3 is 0 Å². The molecular weight excluding hydrogens is 208 g/mol. The van der Waals surface area contributed by atoms with Gasteiger partial charge in [0, 0.05) is 12.6 Å². The summed E-state index contributed by atoms with van der Waals surface area (Å²) in [4.78, 5) is 0. The van der Waals surface area contributed by atoms with Gasteiger partial charge in [0.1, 0.15) is 0 Å². The van der Waals surface area contributed by atoms with Crippen molar-refractivity contribution in [2.45, 2.75) is 57.9 Å². The Morgan fingerprint density at radius 2 is 1.65 bits per heavy atom. The summed E-state index contributed by atoms with van der Waals surface area (Å²) in [7, 11) is 0. The van der Waals surface area contributed by atoms with Crippen LogP contribution in [0.2, 0.25) is 0 Å². The summed E-state index contributed by atoms with van der Waals surface area (Å²) in [5.74, 6) is 3.23. The van der Waals surface area contributed by atoms with E-state index in [2.05, 4.69) is 12.2 Å². The van der Waals surface area contributed by atoms with E-state index >= 15 is 0 Å². The lowest BCUT2D eigenvalue weighted by Gasteiger charge is -2.57. The van der Waals surface area contributed by atoms with E-state index in [0.29, 0.717) is 11.5 Å². The number of rotatable bonds is 5. The maximum absolute atomic E-state index is 5.63. The molecule has 1 unspecified atom stereocenters. The second-order valence-corrected chi connectivity index (χ2v) is 7.28. The Hall–Kier alpha value is -0.0800. The molecule has 4 saturated carbocycles. The van der Waals surface area contributed by atoms with Crippen LogP contribution in [0, 0.1) is 23.2 Å². The second kappa shape index (κ2) is 4.55. The smallest absolute Gasteiger partial charge is 0.00509 e. The lowest BCUT2D eigenvalue weighted by atomic mass is 9.49. The quantitative estimate of drug-likeness (QED) is 0.770. The zero-order chi connectivity index (χ0) is 11.9. The molecule has 17 heavy (non-hydrogen) atoms. The number of hydrogen-bond acceptors (Lipinski definition) is 2. The van der Waals surface area contributed by atoms with Crippen LogP contribution in [0.5, 0.6) is 0 Å². The van der Waals surface area contributed by atoms with Crippen LogP contribution in [0.4, 0.5) is 0 Å². The van der Waals surface area contributed by atoms with E-state index in [1.165, 1.54) is 25.8 Å². The highest BCUT2D eigenvalue weighted by molar-refractivity contribution is 5.02. The lowest BCUT2D eigenvalue weighted by molar-refractivity contribution is -0.0523. The first-order chi connectivity index (χ1) is 8.19. The molecule has 0 heterocycles. The number of hydrogen-bond donors (Lipinski definition) is 2. The summed E-state index contributed by atoms with van der Waals surface area (Å²) in [6.45, 7) is 4.36. The van der Waals surface area contributed by atoms with Crippen molar-refractivity contribution in [1.29, 1.82) is 0 Å². The predicted octanol–water partition coefficient (Wildman–Crippen LogP) is 2.53. The molecular formula is C15H28N2. The summed E-state index contributed by atoms with van der Waals surface area (Å²) >= 11 is 0. The van der Waals surface area contributed by atoms with Crippen molar-refractivity contribution in [2.24, 2.45) is 28.9 Å². The molecule has 0 spiro atoms. The molecule has 0 aromatic rings. The third-order valence-corrected chi connectivity index (χ3v) is 5.59. The molecule has 0 saturated heterocycles. The molecule has 0 radical (unpaired) electrons. The van der Waals surface area contributed by atoms with E-state index in [1.54, 1.807) is 19.3 Å².